The molecule has 3 aromatic rings. The number of anilines is 1. The number of carbonyl (C=O) groups is 1. The Morgan fingerprint density at radius 3 is 2.60 bits per heavy atom. The van der Waals surface area contributed by atoms with Crippen LogP contribution >= 0.6 is 11.3 Å². The zero-order valence-corrected chi connectivity index (χ0v) is 16.1. The molecule has 0 saturated carbocycles. The van der Waals surface area contributed by atoms with Gasteiger partial charge in [0, 0.05) is 17.1 Å². The first kappa shape index (κ1) is 17.5. The second kappa shape index (κ2) is 6.92. The number of thiazole rings is 1. The minimum Gasteiger partial charge on any atom is -0.298 e. The SMILES string of the molecule is CCCCn1nc(C)c2c(C(=O)Nc3nc(C)c(C)s3)cc(C)nc21. The van der Waals surface area contributed by atoms with Gasteiger partial charge in [0.1, 0.15) is 0 Å². The maximum absolute atomic E-state index is 12.9. The van der Waals surface area contributed by atoms with Gasteiger partial charge < -0.3 is 0 Å². The van der Waals surface area contributed by atoms with E-state index >= 15 is 0 Å². The number of nitrogens with zero attached hydrogens (tertiary/aromatic N) is 4. The third-order valence-corrected chi connectivity index (χ3v) is 5.21. The predicted octanol–water partition coefficient (Wildman–Crippen LogP) is 4.17. The molecule has 3 rings (SSSR count). The van der Waals surface area contributed by atoms with Gasteiger partial charge >= 0.3 is 0 Å². The molecule has 3 aromatic heterocycles. The molecule has 0 atom stereocenters. The average Bonchev–Trinajstić information content (AvgIpc) is 3.04. The zero-order valence-electron chi connectivity index (χ0n) is 15.3. The molecule has 132 valence electrons. The lowest BCUT2D eigenvalue weighted by Crippen LogP contribution is -2.13. The lowest BCUT2D eigenvalue weighted by atomic mass is 10.1. The Bertz CT molecular complexity index is 921. The van der Waals surface area contributed by atoms with Crippen LogP contribution in [0.1, 0.15) is 52.1 Å². The molecule has 0 aromatic carbocycles. The highest BCUT2D eigenvalue weighted by atomic mass is 32.1. The molecule has 0 fully saturated rings. The first-order valence-electron chi connectivity index (χ1n) is 8.50. The zero-order chi connectivity index (χ0) is 18.1. The Morgan fingerprint density at radius 1 is 1.20 bits per heavy atom. The third kappa shape index (κ3) is 3.42. The molecule has 0 aliphatic carbocycles. The summed E-state index contributed by atoms with van der Waals surface area (Å²) in [6, 6.07) is 1.82. The molecule has 0 aliphatic rings. The highest BCUT2D eigenvalue weighted by Crippen LogP contribution is 2.26. The van der Waals surface area contributed by atoms with Gasteiger partial charge in [0.05, 0.1) is 22.3 Å². The van der Waals surface area contributed by atoms with Crippen LogP contribution in [0.4, 0.5) is 5.13 Å². The second-order valence-electron chi connectivity index (χ2n) is 6.29. The Labute approximate surface area is 151 Å². The van der Waals surface area contributed by atoms with E-state index in [9.17, 15) is 4.79 Å². The molecule has 25 heavy (non-hydrogen) atoms. The summed E-state index contributed by atoms with van der Waals surface area (Å²) in [6.07, 6.45) is 2.12. The number of fused-ring (bicyclic) bond motifs is 1. The van der Waals surface area contributed by atoms with Crippen LogP contribution in [-0.2, 0) is 6.54 Å². The lowest BCUT2D eigenvalue weighted by Gasteiger charge is -2.06. The largest absolute Gasteiger partial charge is 0.298 e. The summed E-state index contributed by atoms with van der Waals surface area (Å²) in [5, 5.41) is 8.97. The molecule has 0 saturated heterocycles. The van der Waals surface area contributed by atoms with Crippen molar-refractivity contribution in [3.05, 3.63) is 33.6 Å². The van der Waals surface area contributed by atoms with Gasteiger partial charge in [0.15, 0.2) is 10.8 Å². The maximum atomic E-state index is 12.9. The number of carbonyl (C=O) groups excluding carboxylic acids is 1. The molecule has 1 N–H and O–H groups in total. The molecule has 0 aliphatic heterocycles. The second-order valence-corrected chi connectivity index (χ2v) is 7.49. The van der Waals surface area contributed by atoms with Crippen LogP contribution in [-0.4, -0.2) is 25.7 Å². The van der Waals surface area contributed by atoms with Gasteiger partial charge in [-0.25, -0.2) is 14.6 Å². The molecular formula is C18H23N5OS. The van der Waals surface area contributed by atoms with Crippen molar-refractivity contribution in [3.63, 3.8) is 0 Å². The fourth-order valence-electron chi connectivity index (χ4n) is 2.81. The van der Waals surface area contributed by atoms with E-state index in [2.05, 4.69) is 27.3 Å². The van der Waals surface area contributed by atoms with E-state index in [0.717, 1.165) is 52.4 Å². The van der Waals surface area contributed by atoms with Crippen molar-refractivity contribution in [2.45, 2.75) is 54.0 Å². The molecule has 3 heterocycles. The summed E-state index contributed by atoms with van der Waals surface area (Å²) in [5.74, 6) is -0.164. The van der Waals surface area contributed by atoms with Crippen molar-refractivity contribution in [2.24, 2.45) is 0 Å². The predicted molar refractivity (Wildman–Crippen MR) is 101 cm³/mol. The number of hydrogen-bond donors (Lipinski definition) is 1. The summed E-state index contributed by atoms with van der Waals surface area (Å²) in [5.41, 5.74) is 3.97. The minimum atomic E-state index is -0.164. The first-order valence-corrected chi connectivity index (χ1v) is 9.32. The van der Waals surface area contributed by atoms with Crippen LogP contribution in [0.5, 0.6) is 0 Å². The van der Waals surface area contributed by atoms with Crippen molar-refractivity contribution in [3.8, 4) is 0 Å². The summed E-state index contributed by atoms with van der Waals surface area (Å²) in [6.45, 7) is 10.7. The van der Waals surface area contributed by atoms with E-state index < -0.39 is 0 Å². The molecule has 0 spiro atoms. The fraction of sp³-hybridized carbons (Fsp3) is 0.444. The Balaban J connectivity index is 2.02. The van der Waals surface area contributed by atoms with Crippen molar-refractivity contribution in [1.29, 1.82) is 0 Å². The van der Waals surface area contributed by atoms with E-state index in [0.29, 0.717) is 10.7 Å². The summed E-state index contributed by atoms with van der Waals surface area (Å²) in [7, 11) is 0. The van der Waals surface area contributed by atoms with E-state index in [1.54, 1.807) is 0 Å². The number of pyridine rings is 1. The van der Waals surface area contributed by atoms with Crippen molar-refractivity contribution < 1.29 is 4.79 Å². The molecule has 0 bridgehead atoms. The first-order chi connectivity index (χ1) is 11.9. The standard InChI is InChI=1S/C18H23N5OS/c1-6-7-8-23-16-15(12(4)22-23)14(9-10(2)19-16)17(24)21-18-20-11(3)13(5)25-18/h9H,6-8H2,1-5H3,(H,20,21,24). The number of aromatic nitrogens is 4. The van der Waals surface area contributed by atoms with Crippen LogP contribution in [0, 0.1) is 27.7 Å². The number of rotatable bonds is 5. The molecule has 0 unspecified atom stereocenters. The third-order valence-electron chi connectivity index (χ3n) is 4.22. The highest BCUT2D eigenvalue weighted by Gasteiger charge is 2.19. The van der Waals surface area contributed by atoms with Crippen LogP contribution in [0.15, 0.2) is 6.07 Å². The van der Waals surface area contributed by atoms with Crippen LogP contribution in [0.2, 0.25) is 0 Å². The summed E-state index contributed by atoms with van der Waals surface area (Å²) in [4.78, 5) is 23.0. The normalized spacial score (nSPS) is 11.2. The quantitative estimate of drug-likeness (QED) is 0.744. The van der Waals surface area contributed by atoms with E-state index in [-0.39, 0.29) is 5.91 Å². The Morgan fingerprint density at radius 2 is 1.96 bits per heavy atom. The molecular weight excluding hydrogens is 334 g/mol. The molecule has 6 nitrogen and oxygen atoms in total. The van der Waals surface area contributed by atoms with Gasteiger partial charge in [-0.1, -0.05) is 13.3 Å². The van der Waals surface area contributed by atoms with Crippen LogP contribution in [0.3, 0.4) is 0 Å². The van der Waals surface area contributed by atoms with E-state index in [4.69, 9.17) is 0 Å². The fourth-order valence-corrected chi connectivity index (χ4v) is 3.62. The Kier molecular flexibility index (Phi) is 4.85. The van der Waals surface area contributed by atoms with Crippen molar-refractivity contribution in [1.82, 2.24) is 19.7 Å². The van der Waals surface area contributed by atoms with Gasteiger partial charge in [-0.05, 0) is 40.2 Å². The van der Waals surface area contributed by atoms with Gasteiger partial charge in [0.2, 0.25) is 0 Å². The van der Waals surface area contributed by atoms with E-state index in [1.807, 2.05) is 38.4 Å². The van der Waals surface area contributed by atoms with Gasteiger partial charge in [-0.3, -0.25) is 10.1 Å². The molecule has 7 heteroatoms. The smallest absolute Gasteiger partial charge is 0.258 e. The number of aryl methyl sites for hydroxylation is 5. The Hall–Kier alpha value is -2.28. The van der Waals surface area contributed by atoms with Crippen molar-refractivity contribution >= 4 is 33.4 Å². The average molecular weight is 357 g/mol. The van der Waals surface area contributed by atoms with Crippen molar-refractivity contribution in [2.75, 3.05) is 5.32 Å². The molecule has 1 amide bonds. The number of amides is 1. The number of unbranched alkanes of at least 4 members (excludes halogenated alkanes) is 1. The van der Waals surface area contributed by atoms with Crippen LogP contribution in [0.25, 0.3) is 11.0 Å². The lowest BCUT2D eigenvalue weighted by molar-refractivity contribution is 0.102. The molecule has 0 radical (unpaired) electrons. The number of hydrogen-bond acceptors (Lipinski definition) is 5. The van der Waals surface area contributed by atoms with Gasteiger partial charge in [-0.15, -0.1) is 11.3 Å². The van der Waals surface area contributed by atoms with E-state index in [1.165, 1.54) is 11.3 Å². The highest BCUT2D eigenvalue weighted by molar-refractivity contribution is 7.15. The summed E-state index contributed by atoms with van der Waals surface area (Å²) < 4.78 is 1.91. The van der Waals surface area contributed by atoms with Gasteiger partial charge in [0.25, 0.3) is 5.91 Å². The minimum absolute atomic E-state index is 0.164. The van der Waals surface area contributed by atoms with Gasteiger partial charge in [-0.2, -0.15) is 5.10 Å². The van der Waals surface area contributed by atoms with Crippen LogP contribution < -0.4 is 5.32 Å². The number of nitrogens with one attached hydrogen (secondary N) is 1. The summed E-state index contributed by atoms with van der Waals surface area (Å²) >= 11 is 1.49. The monoisotopic (exact) mass is 357 g/mol. The topological polar surface area (TPSA) is 72.7 Å². The maximum Gasteiger partial charge on any atom is 0.258 e.